The maximum absolute atomic E-state index is 11.6. The first kappa shape index (κ1) is 12.0. The molecule has 1 N–H and O–H groups in total. The molecule has 1 fully saturated rings. The van der Waals surface area contributed by atoms with E-state index in [0.717, 1.165) is 29.5 Å². The molecule has 0 aromatic heterocycles. The summed E-state index contributed by atoms with van der Waals surface area (Å²) in [6, 6.07) is 0. The van der Waals surface area contributed by atoms with Gasteiger partial charge in [-0.2, -0.15) is 0 Å². The van der Waals surface area contributed by atoms with Crippen LogP contribution in [0.5, 0.6) is 0 Å². The second-order valence-corrected chi connectivity index (χ2v) is 4.47. The molecule has 0 aliphatic carbocycles. The number of nitrogens with zero attached hydrogens (tertiary/aromatic N) is 1. The quantitative estimate of drug-likeness (QED) is 0.772. The molecule has 0 aromatic rings. The molecule has 0 saturated carbocycles. The number of carboxylic acid groups (broad SMARTS) is 1. The first-order valence-electron chi connectivity index (χ1n) is 4.80. The molecule has 2 amide bonds. The summed E-state index contributed by atoms with van der Waals surface area (Å²) in [4.78, 5) is 34.5. The van der Waals surface area contributed by atoms with Gasteiger partial charge in [-0.05, 0) is 6.42 Å². The minimum atomic E-state index is -1.05. The topological polar surface area (TPSA) is 74.7 Å². The van der Waals surface area contributed by atoms with Gasteiger partial charge >= 0.3 is 5.97 Å². The maximum atomic E-state index is 11.6. The number of imide groups is 1. The molecule has 1 saturated heterocycles. The van der Waals surface area contributed by atoms with Crippen molar-refractivity contribution in [2.24, 2.45) is 0 Å². The van der Waals surface area contributed by atoms with E-state index < -0.39 is 11.2 Å². The normalized spacial score (nSPS) is 21.1. The Morgan fingerprint density at radius 1 is 1.53 bits per heavy atom. The van der Waals surface area contributed by atoms with E-state index in [1.54, 1.807) is 0 Å². The van der Waals surface area contributed by atoms with E-state index in [4.69, 9.17) is 5.11 Å². The Morgan fingerprint density at radius 3 is 2.73 bits per heavy atom. The third-order valence-corrected chi connectivity index (χ3v) is 3.18. The highest BCUT2D eigenvalue weighted by atomic mass is 32.2. The number of aliphatic carboxylic acids is 1. The Bertz CT molecular complexity index is 292. The molecule has 1 heterocycles. The summed E-state index contributed by atoms with van der Waals surface area (Å²) in [5.41, 5.74) is 0. The number of hydrogen-bond donors (Lipinski definition) is 1. The Labute approximate surface area is 91.8 Å². The van der Waals surface area contributed by atoms with E-state index in [1.165, 1.54) is 0 Å². The highest BCUT2D eigenvalue weighted by molar-refractivity contribution is 8.15. The van der Waals surface area contributed by atoms with Crippen molar-refractivity contribution in [1.82, 2.24) is 4.90 Å². The number of carboxylic acids is 1. The molecular formula is C9H13NO4S. The molecule has 1 rings (SSSR count). The highest BCUT2D eigenvalue weighted by Gasteiger charge is 2.39. The molecule has 0 bridgehead atoms. The van der Waals surface area contributed by atoms with Gasteiger partial charge in [0.15, 0.2) is 0 Å². The van der Waals surface area contributed by atoms with Gasteiger partial charge in [0.25, 0.3) is 5.24 Å². The first-order valence-corrected chi connectivity index (χ1v) is 5.68. The molecule has 84 valence electrons. The van der Waals surface area contributed by atoms with Crippen LogP contribution in [0.1, 0.15) is 26.2 Å². The predicted molar refractivity (Wildman–Crippen MR) is 55.6 cm³/mol. The van der Waals surface area contributed by atoms with Crippen LogP contribution in [-0.2, 0) is 9.59 Å². The van der Waals surface area contributed by atoms with Crippen LogP contribution < -0.4 is 0 Å². The van der Waals surface area contributed by atoms with Crippen LogP contribution in [0, 0.1) is 0 Å². The van der Waals surface area contributed by atoms with Crippen molar-refractivity contribution in [3.8, 4) is 0 Å². The lowest BCUT2D eigenvalue weighted by atomic mass is 10.2. The number of unbranched alkanes of at least 4 members (excludes halogenated alkanes) is 1. The van der Waals surface area contributed by atoms with Crippen LogP contribution in [0.3, 0.4) is 0 Å². The highest BCUT2D eigenvalue weighted by Crippen LogP contribution is 2.29. The van der Waals surface area contributed by atoms with Crippen molar-refractivity contribution in [2.75, 3.05) is 6.54 Å². The van der Waals surface area contributed by atoms with E-state index >= 15 is 0 Å². The van der Waals surface area contributed by atoms with Gasteiger partial charge in [-0.1, -0.05) is 25.1 Å². The third-order valence-electron chi connectivity index (χ3n) is 2.10. The van der Waals surface area contributed by atoms with Crippen molar-refractivity contribution in [3.63, 3.8) is 0 Å². The minimum absolute atomic E-state index is 0.280. The van der Waals surface area contributed by atoms with E-state index in [-0.39, 0.29) is 17.6 Å². The molecule has 1 aliphatic heterocycles. The monoisotopic (exact) mass is 231 g/mol. The zero-order chi connectivity index (χ0) is 11.4. The summed E-state index contributed by atoms with van der Waals surface area (Å²) in [7, 11) is 0. The second kappa shape index (κ2) is 5.16. The van der Waals surface area contributed by atoms with Gasteiger partial charge in [0, 0.05) is 6.54 Å². The number of rotatable bonds is 5. The number of amides is 2. The summed E-state index contributed by atoms with van der Waals surface area (Å²) in [6.45, 7) is 2.37. The molecule has 5 nitrogen and oxygen atoms in total. The Kier molecular flexibility index (Phi) is 4.14. The first-order chi connectivity index (χ1) is 7.06. The molecule has 1 aliphatic rings. The molecule has 0 aromatic carbocycles. The maximum Gasteiger partial charge on any atom is 0.305 e. The van der Waals surface area contributed by atoms with Crippen LogP contribution in [0.15, 0.2) is 0 Å². The lowest BCUT2D eigenvalue weighted by Gasteiger charge is -2.12. The zero-order valence-corrected chi connectivity index (χ0v) is 9.25. The fraction of sp³-hybridized carbons (Fsp3) is 0.667. The molecule has 1 unspecified atom stereocenters. The van der Waals surface area contributed by atoms with Gasteiger partial charge in [0.05, 0.1) is 6.42 Å². The van der Waals surface area contributed by atoms with Crippen LogP contribution >= 0.6 is 11.8 Å². The van der Waals surface area contributed by atoms with E-state index in [9.17, 15) is 14.4 Å². The number of thioether (sulfide) groups is 1. The summed E-state index contributed by atoms with van der Waals surface area (Å²) in [5, 5.41) is 7.50. The average molecular weight is 231 g/mol. The van der Waals surface area contributed by atoms with E-state index in [2.05, 4.69) is 0 Å². The number of carbonyl (C=O) groups is 3. The van der Waals surface area contributed by atoms with Gasteiger partial charge in [0.2, 0.25) is 5.91 Å². The van der Waals surface area contributed by atoms with Crippen molar-refractivity contribution < 1.29 is 19.5 Å². The SMILES string of the molecule is CCCCN1C(=O)SC(CC(=O)O)C1=O. The summed E-state index contributed by atoms with van der Waals surface area (Å²) < 4.78 is 0. The summed E-state index contributed by atoms with van der Waals surface area (Å²) in [5.74, 6) is -1.41. The third kappa shape index (κ3) is 2.95. The van der Waals surface area contributed by atoms with E-state index in [0.29, 0.717) is 6.54 Å². The average Bonchev–Trinajstić information content (AvgIpc) is 2.39. The molecule has 1 atom stereocenters. The van der Waals surface area contributed by atoms with Gasteiger partial charge in [-0.25, -0.2) is 0 Å². The lowest BCUT2D eigenvalue weighted by Crippen LogP contribution is -2.33. The Balaban J connectivity index is 2.58. The van der Waals surface area contributed by atoms with Crippen molar-refractivity contribution >= 4 is 28.9 Å². The number of carbonyl (C=O) groups excluding carboxylic acids is 2. The molecule has 0 spiro atoms. The zero-order valence-electron chi connectivity index (χ0n) is 8.43. The standard InChI is InChI=1S/C9H13NO4S/c1-2-3-4-10-8(13)6(5-7(11)12)15-9(10)14/h6H,2-5H2,1H3,(H,11,12). The van der Waals surface area contributed by atoms with Gasteiger partial charge in [0.1, 0.15) is 5.25 Å². The fourth-order valence-electron chi connectivity index (χ4n) is 1.30. The Hall–Kier alpha value is -1.04. The predicted octanol–water partition coefficient (Wildman–Crippen LogP) is 1.33. The largest absolute Gasteiger partial charge is 0.481 e. The second-order valence-electron chi connectivity index (χ2n) is 3.31. The van der Waals surface area contributed by atoms with Gasteiger partial charge < -0.3 is 5.11 Å². The Morgan fingerprint density at radius 2 is 2.20 bits per heavy atom. The van der Waals surface area contributed by atoms with E-state index in [1.807, 2.05) is 6.92 Å². The van der Waals surface area contributed by atoms with Gasteiger partial charge in [-0.3, -0.25) is 19.3 Å². The van der Waals surface area contributed by atoms with Crippen LogP contribution in [0.4, 0.5) is 4.79 Å². The van der Waals surface area contributed by atoms with Crippen LogP contribution in [0.25, 0.3) is 0 Å². The summed E-state index contributed by atoms with van der Waals surface area (Å²) in [6.07, 6.45) is 1.38. The van der Waals surface area contributed by atoms with Crippen molar-refractivity contribution in [2.45, 2.75) is 31.4 Å². The number of hydrogen-bond acceptors (Lipinski definition) is 4. The molecule has 6 heteroatoms. The van der Waals surface area contributed by atoms with Crippen LogP contribution in [0.2, 0.25) is 0 Å². The van der Waals surface area contributed by atoms with Crippen molar-refractivity contribution in [3.05, 3.63) is 0 Å². The smallest absolute Gasteiger partial charge is 0.305 e. The molecule has 15 heavy (non-hydrogen) atoms. The fourth-order valence-corrected chi connectivity index (χ4v) is 2.31. The van der Waals surface area contributed by atoms with Gasteiger partial charge in [-0.15, -0.1) is 0 Å². The molecule has 0 radical (unpaired) electrons. The lowest BCUT2D eigenvalue weighted by molar-refractivity contribution is -0.139. The molecular weight excluding hydrogens is 218 g/mol. The minimum Gasteiger partial charge on any atom is -0.481 e. The van der Waals surface area contributed by atoms with Crippen LogP contribution in [-0.4, -0.2) is 38.9 Å². The van der Waals surface area contributed by atoms with Crippen molar-refractivity contribution in [1.29, 1.82) is 0 Å². The summed E-state index contributed by atoms with van der Waals surface area (Å²) >= 11 is 0.817.